The Morgan fingerprint density at radius 3 is 2.47 bits per heavy atom. The number of H-pyrrole nitrogens is 1. The molecule has 0 saturated heterocycles. The van der Waals surface area contributed by atoms with Crippen LogP contribution in [-0.4, -0.2) is 4.98 Å². The fraction of sp³-hybridized carbons (Fsp3) is 0.143. The predicted molar refractivity (Wildman–Crippen MR) is 65.1 cm³/mol. The van der Waals surface area contributed by atoms with E-state index in [9.17, 15) is 0 Å². The molecule has 0 amide bonds. The molecule has 0 aliphatic carbocycles. The quantitative estimate of drug-likeness (QED) is 0.804. The van der Waals surface area contributed by atoms with Crippen LogP contribution in [0.25, 0.3) is 11.1 Å². The minimum Gasteiger partial charge on any atom is -0.361 e. The van der Waals surface area contributed by atoms with Crippen LogP contribution < -0.4 is 0 Å². The number of aromatic amines is 1. The van der Waals surface area contributed by atoms with Crippen molar-refractivity contribution >= 4 is 0 Å². The summed E-state index contributed by atoms with van der Waals surface area (Å²) in [6, 6.07) is 11.6. The van der Waals surface area contributed by atoms with Crippen LogP contribution in [0.15, 0.2) is 24.3 Å². The van der Waals surface area contributed by atoms with Gasteiger partial charge in [-0.05, 0) is 31.5 Å². The molecule has 0 saturated carbocycles. The fourth-order valence-electron chi connectivity index (χ4n) is 2.03. The summed E-state index contributed by atoms with van der Waals surface area (Å²) in [5.74, 6) is 0. The van der Waals surface area contributed by atoms with Crippen LogP contribution in [0, 0.1) is 36.5 Å². The molecule has 0 atom stereocenters. The van der Waals surface area contributed by atoms with Crippen molar-refractivity contribution in [2.24, 2.45) is 0 Å². The van der Waals surface area contributed by atoms with Crippen LogP contribution in [0.5, 0.6) is 0 Å². The lowest BCUT2D eigenvalue weighted by Crippen LogP contribution is -1.84. The summed E-state index contributed by atoms with van der Waals surface area (Å²) in [6.07, 6.45) is 0. The van der Waals surface area contributed by atoms with E-state index in [0.717, 1.165) is 22.5 Å². The maximum Gasteiger partial charge on any atom is 0.102 e. The van der Waals surface area contributed by atoms with Crippen molar-refractivity contribution in [2.75, 3.05) is 0 Å². The normalized spacial score (nSPS) is 9.65. The molecule has 0 aliphatic heterocycles. The molecule has 1 N–H and O–H groups in total. The van der Waals surface area contributed by atoms with Gasteiger partial charge in [0.2, 0.25) is 0 Å². The Morgan fingerprint density at radius 2 is 1.82 bits per heavy atom. The van der Waals surface area contributed by atoms with E-state index < -0.39 is 0 Å². The molecule has 0 unspecified atom stereocenters. The maximum atomic E-state index is 9.17. The highest BCUT2D eigenvalue weighted by Crippen LogP contribution is 2.29. The van der Waals surface area contributed by atoms with Crippen LogP contribution in [0.1, 0.15) is 22.5 Å². The first-order chi connectivity index (χ1) is 8.17. The summed E-state index contributed by atoms with van der Waals surface area (Å²) >= 11 is 0. The first-order valence-corrected chi connectivity index (χ1v) is 5.27. The van der Waals surface area contributed by atoms with Gasteiger partial charge in [-0.15, -0.1) is 0 Å². The topological polar surface area (TPSA) is 63.4 Å². The second-order valence-corrected chi connectivity index (χ2v) is 3.93. The number of aryl methyl sites for hydroxylation is 2. The number of nitrogens with one attached hydrogen (secondary N) is 1. The van der Waals surface area contributed by atoms with E-state index in [2.05, 4.69) is 17.1 Å². The van der Waals surface area contributed by atoms with E-state index in [4.69, 9.17) is 10.5 Å². The van der Waals surface area contributed by atoms with E-state index in [0.29, 0.717) is 11.1 Å². The Morgan fingerprint density at radius 1 is 1.06 bits per heavy atom. The molecule has 1 aromatic heterocycles. The van der Waals surface area contributed by atoms with E-state index in [1.165, 1.54) is 0 Å². The zero-order chi connectivity index (χ0) is 12.4. The highest BCUT2D eigenvalue weighted by Gasteiger charge is 2.13. The molecule has 0 aliphatic rings. The van der Waals surface area contributed by atoms with Gasteiger partial charge in [0.25, 0.3) is 0 Å². The fourth-order valence-corrected chi connectivity index (χ4v) is 2.03. The van der Waals surface area contributed by atoms with Crippen molar-refractivity contribution in [3.8, 4) is 23.3 Å². The molecule has 2 aromatic rings. The van der Waals surface area contributed by atoms with E-state index in [1.54, 1.807) is 12.1 Å². The first kappa shape index (κ1) is 11.0. The largest absolute Gasteiger partial charge is 0.361 e. The Kier molecular flexibility index (Phi) is 2.68. The SMILES string of the molecule is Cc1[nH]c(C)c(-c2cccc(C#N)c2)c1C#N. The summed E-state index contributed by atoms with van der Waals surface area (Å²) in [7, 11) is 0. The number of rotatable bonds is 1. The van der Waals surface area contributed by atoms with Crippen molar-refractivity contribution in [3.05, 3.63) is 46.8 Å². The van der Waals surface area contributed by atoms with Crippen molar-refractivity contribution < 1.29 is 0 Å². The first-order valence-electron chi connectivity index (χ1n) is 5.27. The van der Waals surface area contributed by atoms with Crippen molar-refractivity contribution in [1.29, 1.82) is 10.5 Å². The number of benzene rings is 1. The second kappa shape index (κ2) is 4.15. The summed E-state index contributed by atoms with van der Waals surface area (Å²) in [5.41, 5.74) is 4.86. The number of hydrogen-bond acceptors (Lipinski definition) is 2. The van der Waals surface area contributed by atoms with Gasteiger partial charge in [0, 0.05) is 17.0 Å². The molecule has 3 heteroatoms. The summed E-state index contributed by atoms with van der Waals surface area (Å²) < 4.78 is 0. The molecule has 82 valence electrons. The summed E-state index contributed by atoms with van der Waals surface area (Å²) in [4.78, 5) is 3.16. The zero-order valence-corrected chi connectivity index (χ0v) is 9.70. The summed E-state index contributed by atoms with van der Waals surface area (Å²) in [5, 5.41) is 18.1. The van der Waals surface area contributed by atoms with Gasteiger partial charge in [-0.3, -0.25) is 0 Å². The Hall–Kier alpha value is -2.52. The molecular weight excluding hydrogens is 210 g/mol. The zero-order valence-electron chi connectivity index (χ0n) is 9.70. The van der Waals surface area contributed by atoms with Crippen LogP contribution in [0.2, 0.25) is 0 Å². The standard InChI is InChI=1S/C14H11N3/c1-9-13(8-16)14(10(2)17-9)12-5-3-4-11(6-12)7-15/h3-6,17H,1-2H3. The highest BCUT2D eigenvalue weighted by molar-refractivity contribution is 5.75. The third-order valence-corrected chi connectivity index (χ3v) is 2.77. The van der Waals surface area contributed by atoms with E-state index in [1.807, 2.05) is 26.0 Å². The smallest absolute Gasteiger partial charge is 0.102 e. The van der Waals surface area contributed by atoms with Gasteiger partial charge in [-0.2, -0.15) is 10.5 Å². The van der Waals surface area contributed by atoms with Crippen molar-refractivity contribution in [2.45, 2.75) is 13.8 Å². The van der Waals surface area contributed by atoms with Crippen LogP contribution >= 0.6 is 0 Å². The minimum atomic E-state index is 0.602. The third kappa shape index (κ3) is 1.79. The lowest BCUT2D eigenvalue weighted by molar-refractivity contribution is 1.18. The molecule has 0 radical (unpaired) electrons. The maximum absolute atomic E-state index is 9.17. The molecule has 0 fully saturated rings. The van der Waals surface area contributed by atoms with Gasteiger partial charge in [0.1, 0.15) is 6.07 Å². The Bertz CT molecular complexity index is 651. The van der Waals surface area contributed by atoms with Crippen molar-refractivity contribution in [1.82, 2.24) is 4.98 Å². The summed E-state index contributed by atoms with van der Waals surface area (Å²) in [6.45, 7) is 3.81. The number of aromatic nitrogens is 1. The second-order valence-electron chi connectivity index (χ2n) is 3.93. The van der Waals surface area contributed by atoms with E-state index in [-0.39, 0.29) is 0 Å². The van der Waals surface area contributed by atoms with Gasteiger partial charge in [-0.1, -0.05) is 12.1 Å². The predicted octanol–water partition coefficient (Wildman–Crippen LogP) is 3.04. The lowest BCUT2D eigenvalue weighted by Gasteiger charge is -2.01. The molecule has 0 bridgehead atoms. The highest BCUT2D eigenvalue weighted by atomic mass is 14.7. The monoisotopic (exact) mass is 221 g/mol. The molecule has 3 nitrogen and oxygen atoms in total. The molecule has 2 rings (SSSR count). The molecule has 1 heterocycles. The van der Waals surface area contributed by atoms with Gasteiger partial charge in [0.15, 0.2) is 0 Å². The average molecular weight is 221 g/mol. The number of nitrogens with zero attached hydrogens (tertiary/aromatic N) is 2. The Labute approximate surface area is 99.9 Å². The van der Waals surface area contributed by atoms with Crippen LogP contribution in [0.3, 0.4) is 0 Å². The lowest BCUT2D eigenvalue weighted by atomic mass is 9.99. The van der Waals surface area contributed by atoms with Gasteiger partial charge >= 0.3 is 0 Å². The molecule has 1 aromatic carbocycles. The van der Waals surface area contributed by atoms with Gasteiger partial charge in [0.05, 0.1) is 17.2 Å². The number of hydrogen-bond donors (Lipinski definition) is 1. The Balaban J connectivity index is 2.69. The molecule has 0 spiro atoms. The molecular formula is C14H11N3. The van der Waals surface area contributed by atoms with Crippen LogP contribution in [-0.2, 0) is 0 Å². The average Bonchev–Trinajstić information content (AvgIpc) is 2.63. The van der Waals surface area contributed by atoms with Gasteiger partial charge in [-0.25, -0.2) is 0 Å². The van der Waals surface area contributed by atoms with Gasteiger partial charge < -0.3 is 4.98 Å². The number of nitriles is 2. The van der Waals surface area contributed by atoms with E-state index >= 15 is 0 Å². The van der Waals surface area contributed by atoms with Crippen LogP contribution in [0.4, 0.5) is 0 Å². The third-order valence-electron chi connectivity index (χ3n) is 2.77. The van der Waals surface area contributed by atoms with Crippen molar-refractivity contribution in [3.63, 3.8) is 0 Å². The molecule has 17 heavy (non-hydrogen) atoms. The minimum absolute atomic E-state index is 0.602.